The summed E-state index contributed by atoms with van der Waals surface area (Å²) >= 11 is 0. The normalized spacial score (nSPS) is 22.0. The number of carbonyl (C=O) groups is 1. The van der Waals surface area contributed by atoms with Crippen molar-refractivity contribution < 1.29 is 14.3 Å². The van der Waals surface area contributed by atoms with Crippen molar-refractivity contribution in [3.05, 3.63) is 52.7 Å². The first-order chi connectivity index (χ1) is 14.5. The van der Waals surface area contributed by atoms with E-state index < -0.39 is 23.3 Å². The fraction of sp³-hybridized carbons (Fsp3) is 0.364. The number of carbonyl (C=O) groups excluding carboxylic acids is 1. The van der Waals surface area contributed by atoms with Crippen LogP contribution in [0.2, 0.25) is 0 Å². The van der Waals surface area contributed by atoms with E-state index in [9.17, 15) is 20.6 Å². The van der Waals surface area contributed by atoms with E-state index in [1.807, 2.05) is 0 Å². The highest BCUT2D eigenvalue weighted by atomic mass is 16.6. The fourth-order valence-corrected chi connectivity index (χ4v) is 4.23. The molecule has 1 heterocycles. The molecule has 1 aromatic rings. The van der Waals surface area contributed by atoms with Crippen molar-refractivity contribution in [1.29, 1.82) is 15.8 Å². The lowest BCUT2D eigenvalue weighted by Gasteiger charge is -2.45. The molecule has 152 valence electrons. The van der Waals surface area contributed by atoms with Crippen LogP contribution in [0.5, 0.6) is 5.75 Å². The number of methoxy groups -OCH3 is 1. The molecule has 0 saturated heterocycles. The van der Waals surface area contributed by atoms with Crippen LogP contribution in [0.1, 0.15) is 18.4 Å². The fourth-order valence-electron chi connectivity index (χ4n) is 4.23. The summed E-state index contributed by atoms with van der Waals surface area (Å²) in [7, 11) is 1.55. The zero-order chi connectivity index (χ0) is 21.9. The zero-order valence-electron chi connectivity index (χ0n) is 16.8. The van der Waals surface area contributed by atoms with Crippen LogP contribution in [0.3, 0.4) is 0 Å². The minimum Gasteiger partial charge on any atom is -0.497 e. The molecular weight excluding hydrogens is 382 g/mol. The summed E-state index contributed by atoms with van der Waals surface area (Å²) in [5.41, 5.74) is 5.94. The number of nitrogens with zero attached hydrogens (tertiary/aromatic N) is 4. The number of ether oxygens (including phenoxy) is 2. The van der Waals surface area contributed by atoms with Gasteiger partial charge in [-0.25, -0.2) is 4.79 Å². The number of nitriles is 3. The highest BCUT2D eigenvalue weighted by molar-refractivity contribution is 5.69. The van der Waals surface area contributed by atoms with Crippen LogP contribution in [0, 0.1) is 45.3 Å². The molecule has 0 unspecified atom stereocenters. The molecular formula is C22H21N5O3. The van der Waals surface area contributed by atoms with Crippen molar-refractivity contribution in [1.82, 2.24) is 4.90 Å². The Hall–Kier alpha value is -3.96. The van der Waals surface area contributed by atoms with Crippen molar-refractivity contribution >= 4 is 6.09 Å². The van der Waals surface area contributed by atoms with Crippen LogP contribution in [0.25, 0.3) is 0 Å². The molecule has 0 fully saturated rings. The Bertz CT molecular complexity index is 1020. The molecule has 2 N–H and O–H groups in total. The lowest BCUT2D eigenvalue weighted by Crippen LogP contribution is -2.49. The minimum atomic E-state index is -1.75. The maximum atomic E-state index is 12.3. The van der Waals surface area contributed by atoms with Crippen LogP contribution >= 0.6 is 0 Å². The molecule has 1 aliphatic carbocycles. The Morgan fingerprint density at radius 1 is 1.27 bits per heavy atom. The van der Waals surface area contributed by atoms with Gasteiger partial charge in [0.15, 0.2) is 5.41 Å². The van der Waals surface area contributed by atoms with Crippen LogP contribution in [0.15, 0.2) is 47.2 Å². The Labute approximate surface area is 175 Å². The van der Waals surface area contributed by atoms with Crippen molar-refractivity contribution in [3.63, 3.8) is 0 Å². The Morgan fingerprint density at radius 3 is 2.47 bits per heavy atom. The molecule has 8 nitrogen and oxygen atoms in total. The molecule has 0 radical (unpaired) electrons. The van der Waals surface area contributed by atoms with Gasteiger partial charge in [0, 0.05) is 24.9 Å². The SMILES string of the molecule is CCOC(=O)N1CC=C2C(C#N)=C(N)C(C#N)(C#N)[C@@H](c3ccc(OC)cc3)[C@@H]2C1. The highest BCUT2D eigenvalue weighted by Gasteiger charge is 2.54. The molecule has 1 aromatic carbocycles. The van der Waals surface area contributed by atoms with Gasteiger partial charge >= 0.3 is 6.09 Å². The Morgan fingerprint density at radius 2 is 1.93 bits per heavy atom. The molecule has 8 heteroatoms. The molecule has 0 spiro atoms. The number of hydrogen-bond donors (Lipinski definition) is 1. The second kappa shape index (κ2) is 8.19. The monoisotopic (exact) mass is 403 g/mol. The number of amides is 1. The van der Waals surface area contributed by atoms with E-state index in [0.29, 0.717) is 16.9 Å². The number of fused-ring (bicyclic) bond motifs is 1. The van der Waals surface area contributed by atoms with Gasteiger partial charge in [-0.1, -0.05) is 18.2 Å². The van der Waals surface area contributed by atoms with Gasteiger partial charge in [-0.3, -0.25) is 0 Å². The second-order valence-electron chi connectivity index (χ2n) is 7.05. The summed E-state index contributed by atoms with van der Waals surface area (Å²) in [6.45, 7) is 2.40. The van der Waals surface area contributed by atoms with E-state index in [0.717, 1.165) is 0 Å². The molecule has 0 saturated carbocycles. The van der Waals surface area contributed by atoms with Gasteiger partial charge in [-0.05, 0) is 30.2 Å². The smallest absolute Gasteiger partial charge is 0.410 e. The Balaban J connectivity index is 2.21. The van der Waals surface area contributed by atoms with Crippen molar-refractivity contribution in [2.24, 2.45) is 17.1 Å². The number of benzene rings is 1. The lowest BCUT2D eigenvalue weighted by atomic mass is 9.58. The number of rotatable bonds is 3. The van der Waals surface area contributed by atoms with Crippen LogP contribution < -0.4 is 10.5 Å². The van der Waals surface area contributed by atoms with Gasteiger partial charge < -0.3 is 20.1 Å². The van der Waals surface area contributed by atoms with E-state index >= 15 is 0 Å². The molecule has 3 rings (SSSR count). The summed E-state index contributed by atoms with van der Waals surface area (Å²) in [6.07, 6.45) is 1.27. The molecule has 2 atom stereocenters. The lowest BCUT2D eigenvalue weighted by molar-refractivity contribution is 0.0999. The molecule has 2 aliphatic rings. The summed E-state index contributed by atoms with van der Waals surface area (Å²) in [5, 5.41) is 29.9. The van der Waals surface area contributed by atoms with Gasteiger partial charge in [0.05, 0.1) is 37.1 Å². The number of nitrogens with two attached hydrogens (primary N) is 1. The Kier molecular flexibility index (Phi) is 5.67. The first kappa shape index (κ1) is 20.8. The summed E-state index contributed by atoms with van der Waals surface area (Å²) in [5.74, 6) is -0.528. The average Bonchev–Trinajstić information content (AvgIpc) is 2.78. The van der Waals surface area contributed by atoms with Gasteiger partial charge in [-0.2, -0.15) is 15.8 Å². The summed E-state index contributed by atoms with van der Waals surface area (Å²) in [4.78, 5) is 13.8. The first-order valence-electron chi connectivity index (χ1n) is 9.46. The van der Waals surface area contributed by atoms with E-state index in [1.54, 1.807) is 44.4 Å². The largest absolute Gasteiger partial charge is 0.497 e. The number of allylic oxidation sites excluding steroid dienone is 2. The topological polar surface area (TPSA) is 136 Å². The van der Waals surface area contributed by atoms with Gasteiger partial charge in [0.1, 0.15) is 11.8 Å². The minimum absolute atomic E-state index is 0.0529. The maximum Gasteiger partial charge on any atom is 0.410 e. The standard InChI is InChI=1S/C22H21N5O3/c1-3-30-21(28)27-9-8-16-17(10-23)20(26)22(12-24,13-25)19(18(16)11-27)14-4-6-15(29-2)7-5-14/h4-8,18-19H,3,9,11,26H2,1-2H3/t18-,19+/m1/s1. The van der Waals surface area contributed by atoms with Crippen molar-refractivity contribution in [2.45, 2.75) is 12.8 Å². The highest BCUT2D eigenvalue weighted by Crippen LogP contribution is 2.54. The van der Waals surface area contributed by atoms with E-state index in [2.05, 4.69) is 18.2 Å². The predicted molar refractivity (Wildman–Crippen MR) is 106 cm³/mol. The van der Waals surface area contributed by atoms with E-state index in [1.165, 1.54) is 4.90 Å². The number of hydrogen-bond acceptors (Lipinski definition) is 7. The summed E-state index contributed by atoms with van der Waals surface area (Å²) in [6, 6.07) is 13.2. The third kappa shape index (κ3) is 3.11. The zero-order valence-corrected chi connectivity index (χ0v) is 16.8. The quantitative estimate of drug-likeness (QED) is 0.819. The third-order valence-corrected chi connectivity index (χ3v) is 5.67. The maximum absolute atomic E-state index is 12.3. The molecule has 1 amide bonds. The van der Waals surface area contributed by atoms with Crippen molar-refractivity contribution in [3.8, 4) is 24.0 Å². The van der Waals surface area contributed by atoms with Crippen LogP contribution in [0.4, 0.5) is 4.79 Å². The average molecular weight is 403 g/mol. The van der Waals surface area contributed by atoms with Crippen LogP contribution in [-0.2, 0) is 4.74 Å². The molecule has 1 aliphatic heterocycles. The van der Waals surface area contributed by atoms with E-state index in [-0.39, 0.29) is 31.0 Å². The summed E-state index contributed by atoms with van der Waals surface area (Å²) < 4.78 is 10.3. The first-order valence-corrected chi connectivity index (χ1v) is 9.46. The van der Waals surface area contributed by atoms with Gasteiger partial charge in [-0.15, -0.1) is 0 Å². The van der Waals surface area contributed by atoms with Crippen LogP contribution in [-0.4, -0.2) is 37.8 Å². The van der Waals surface area contributed by atoms with E-state index in [4.69, 9.17) is 15.2 Å². The van der Waals surface area contributed by atoms with Gasteiger partial charge in [0.2, 0.25) is 0 Å². The van der Waals surface area contributed by atoms with Gasteiger partial charge in [0.25, 0.3) is 0 Å². The second-order valence-corrected chi connectivity index (χ2v) is 7.05. The molecule has 30 heavy (non-hydrogen) atoms. The molecule has 0 aromatic heterocycles. The predicted octanol–water partition coefficient (Wildman–Crippen LogP) is 2.58. The third-order valence-electron chi connectivity index (χ3n) is 5.67. The molecule has 0 bridgehead atoms. The van der Waals surface area contributed by atoms with Crippen molar-refractivity contribution in [2.75, 3.05) is 26.8 Å².